The second kappa shape index (κ2) is 7.70. The Morgan fingerprint density at radius 2 is 2.03 bits per heavy atom. The number of carbonyl (C=O) groups excluding carboxylic acids is 1. The molecule has 2 fully saturated rings. The summed E-state index contributed by atoms with van der Waals surface area (Å²) in [5.74, 6) is 0.732. The number of piperidine rings is 1. The van der Waals surface area contributed by atoms with Gasteiger partial charge in [-0.3, -0.25) is 14.2 Å². The van der Waals surface area contributed by atoms with Crippen LogP contribution < -0.4 is 9.62 Å². The van der Waals surface area contributed by atoms with E-state index in [1.165, 1.54) is 4.31 Å². The molecule has 1 atom stereocenters. The van der Waals surface area contributed by atoms with Crippen molar-refractivity contribution in [2.24, 2.45) is 0 Å². The second-order valence-corrected chi connectivity index (χ2v) is 9.74. The summed E-state index contributed by atoms with van der Waals surface area (Å²) in [4.78, 5) is 15.5. The molecule has 0 spiro atoms. The highest BCUT2D eigenvalue weighted by Gasteiger charge is 2.35. The number of anilines is 2. The molecule has 9 heteroatoms. The summed E-state index contributed by atoms with van der Waals surface area (Å²) in [5.41, 5.74) is 2.77. The van der Waals surface area contributed by atoms with Gasteiger partial charge in [0.05, 0.1) is 28.7 Å². The number of hydrogen-bond acceptors (Lipinski definition) is 5. The van der Waals surface area contributed by atoms with Crippen LogP contribution in [0.4, 0.5) is 11.5 Å². The van der Waals surface area contributed by atoms with Crippen LogP contribution in [0.3, 0.4) is 0 Å². The van der Waals surface area contributed by atoms with Gasteiger partial charge in [-0.25, -0.2) is 8.42 Å². The molecule has 29 heavy (non-hydrogen) atoms. The van der Waals surface area contributed by atoms with E-state index >= 15 is 0 Å². The summed E-state index contributed by atoms with van der Waals surface area (Å²) >= 11 is 0. The third-order valence-corrected chi connectivity index (χ3v) is 7.58. The van der Waals surface area contributed by atoms with Crippen molar-refractivity contribution in [2.75, 3.05) is 35.5 Å². The maximum Gasteiger partial charge on any atom is 0.256 e. The Morgan fingerprint density at radius 3 is 2.72 bits per heavy atom. The quantitative estimate of drug-likeness (QED) is 0.797. The van der Waals surface area contributed by atoms with Gasteiger partial charge in [0, 0.05) is 26.2 Å². The zero-order valence-electron chi connectivity index (χ0n) is 16.8. The molecular formula is C20H27N5O3S. The van der Waals surface area contributed by atoms with E-state index in [1.807, 2.05) is 30.0 Å². The minimum Gasteiger partial charge on any atom is -0.372 e. The van der Waals surface area contributed by atoms with Gasteiger partial charge in [0.25, 0.3) is 5.91 Å². The number of rotatable bonds is 4. The molecule has 0 unspecified atom stereocenters. The van der Waals surface area contributed by atoms with Crippen molar-refractivity contribution >= 4 is 27.4 Å². The van der Waals surface area contributed by atoms with E-state index in [-0.39, 0.29) is 17.7 Å². The molecule has 2 N–H and O–H groups in total. The van der Waals surface area contributed by atoms with Crippen molar-refractivity contribution in [1.82, 2.24) is 15.1 Å². The molecule has 1 aromatic carbocycles. The number of amides is 1. The predicted molar refractivity (Wildman–Crippen MR) is 113 cm³/mol. The van der Waals surface area contributed by atoms with E-state index in [1.54, 1.807) is 13.1 Å². The van der Waals surface area contributed by atoms with E-state index in [4.69, 9.17) is 0 Å². The fraction of sp³-hybridized carbons (Fsp3) is 0.500. The standard InChI is InChI=1S/C20H27N5O3S/c1-14-7-8-17(25-10-5-11-29(25,27)28)15(12-14)20(26)24-9-4-3-6-18(24)16-13-19(21-2)23-22-16/h7-8,12-13,18H,3-6,9-11H2,1-2H3,(H2,21,22,23)/t18-/m0/s1. The van der Waals surface area contributed by atoms with Gasteiger partial charge in [-0.15, -0.1) is 0 Å². The average Bonchev–Trinajstić information content (AvgIpc) is 3.33. The lowest BCUT2D eigenvalue weighted by atomic mass is 9.97. The summed E-state index contributed by atoms with van der Waals surface area (Å²) < 4.78 is 26.4. The van der Waals surface area contributed by atoms with Gasteiger partial charge in [-0.05, 0) is 44.7 Å². The van der Waals surface area contributed by atoms with Crippen molar-refractivity contribution in [3.63, 3.8) is 0 Å². The molecule has 2 aromatic rings. The molecule has 0 radical (unpaired) electrons. The number of H-pyrrole nitrogens is 1. The average molecular weight is 418 g/mol. The number of aromatic amines is 1. The van der Waals surface area contributed by atoms with E-state index in [9.17, 15) is 13.2 Å². The van der Waals surface area contributed by atoms with Gasteiger partial charge in [-0.2, -0.15) is 5.10 Å². The molecule has 4 rings (SSSR count). The zero-order chi connectivity index (χ0) is 20.6. The Hall–Kier alpha value is -2.55. The SMILES string of the molecule is CNc1cc([C@@H]2CCCCN2C(=O)c2cc(C)ccc2N2CCCS2(=O)=O)[nH]n1. The molecule has 0 saturated carbocycles. The van der Waals surface area contributed by atoms with Gasteiger partial charge in [0.2, 0.25) is 10.0 Å². The van der Waals surface area contributed by atoms with Crippen LogP contribution in [0.2, 0.25) is 0 Å². The number of likely N-dealkylation sites (tertiary alicyclic amines) is 1. The van der Waals surface area contributed by atoms with Gasteiger partial charge in [0.1, 0.15) is 5.82 Å². The number of carbonyl (C=O) groups is 1. The number of sulfonamides is 1. The summed E-state index contributed by atoms with van der Waals surface area (Å²) in [6.07, 6.45) is 3.39. The van der Waals surface area contributed by atoms with E-state index in [2.05, 4.69) is 15.5 Å². The molecule has 2 saturated heterocycles. The highest BCUT2D eigenvalue weighted by Crippen LogP contribution is 2.35. The van der Waals surface area contributed by atoms with E-state index < -0.39 is 10.0 Å². The lowest BCUT2D eigenvalue weighted by molar-refractivity contribution is 0.0607. The van der Waals surface area contributed by atoms with Crippen molar-refractivity contribution in [1.29, 1.82) is 0 Å². The van der Waals surface area contributed by atoms with Crippen LogP contribution in [0.25, 0.3) is 0 Å². The number of hydrogen-bond donors (Lipinski definition) is 2. The van der Waals surface area contributed by atoms with Crippen LogP contribution in [0.1, 0.15) is 53.3 Å². The summed E-state index contributed by atoms with van der Waals surface area (Å²) in [6, 6.07) is 7.26. The highest BCUT2D eigenvalue weighted by molar-refractivity contribution is 7.93. The van der Waals surface area contributed by atoms with Crippen molar-refractivity contribution in [3.8, 4) is 0 Å². The van der Waals surface area contributed by atoms with E-state index in [0.29, 0.717) is 30.8 Å². The first-order chi connectivity index (χ1) is 13.9. The molecule has 1 amide bonds. The molecule has 2 aliphatic heterocycles. The molecule has 156 valence electrons. The fourth-order valence-electron chi connectivity index (χ4n) is 4.24. The van der Waals surface area contributed by atoms with Gasteiger partial charge in [-0.1, -0.05) is 11.6 Å². The smallest absolute Gasteiger partial charge is 0.256 e. The van der Waals surface area contributed by atoms with Crippen LogP contribution in [-0.2, 0) is 10.0 Å². The highest BCUT2D eigenvalue weighted by atomic mass is 32.2. The lowest BCUT2D eigenvalue weighted by Crippen LogP contribution is -2.39. The first-order valence-corrected chi connectivity index (χ1v) is 11.7. The number of aryl methyl sites for hydroxylation is 1. The molecule has 0 bridgehead atoms. The maximum absolute atomic E-state index is 13.7. The summed E-state index contributed by atoms with van der Waals surface area (Å²) in [6.45, 7) is 2.97. The van der Waals surface area contributed by atoms with Crippen molar-refractivity contribution in [2.45, 2.75) is 38.6 Å². The second-order valence-electron chi connectivity index (χ2n) is 7.73. The number of nitrogens with zero attached hydrogens (tertiary/aromatic N) is 3. The Bertz CT molecular complexity index is 1020. The van der Waals surface area contributed by atoms with E-state index in [0.717, 1.165) is 36.3 Å². The zero-order valence-corrected chi connectivity index (χ0v) is 17.6. The Kier molecular flexibility index (Phi) is 5.24. The Labute approximate surface area is 171 Å². The first-order valence-electron chi connectivity index (χ1n) is 10.1. The van der Waals surface area contributed by atoms with Crippen molar-refractivity contribution < 1.29 is 13.2 Å². The lowest BCUT2D eigenvalue weighted by Gasteiger charge is -2.36. The predicted octanol–water partition coefficient (Wildman–Crippen LogP) is 2.67. The molecule has 0 aliphatic carbocycles. The number of benzene rings is 1. The molecule has 8 nitrogen and oxygen atoms in total. The minimum atomic E-state index is -3.37. The third-order valence-electron chi connectivity index (χ3n) is 5.73. The topological polar surface area (TPSA) is 98.4 Å². The fourth-order valence-corrected chi connectivity index (χ4v) is 5.82. The van der Waals surface area contributed by atoms with Crippen LogP contribution in [0, 0.1) is 6.92 Å². The minimum absolute atomic E-state index is 0.102. The Morgan fingerprint density at radius 1 is 1.21 bits per heavy atom. The molecule has 3 heterocycles. The third kappa shape index (κ3) is 3.71. The van der Waals surface area contributed by atoms with Gasteiger partial charge < -0.3 is 10.2 Å². The van der Waals surface area contributed by atoms with Crippen LogP contribution in [-0.4, -0.2) is 55.3 Å². The summed E-state index contributed by atoms with van der Waals surface area (Å²) in [7, 11) is -1.56. The molecule has 2 aliphatic rings. The monoisotopic (exact) mass is 417 g/mol. The molecule has 1 aromatic heterocycles. The van der Waals surface area contributed by atoms with Gasteiger partial charge >= 0.3 is 0 Å². The van der Waals surface area contributed by atoms with Gasteiger partial charge in [0.15, 0.2) is 0 Å². The largest absolute Gasteiger partial charge is 0.372 e. The number of aromatic nitrogens is 2. The first kappa shape index (κ1) is 19.8. The van der Waals surface area contributed by atoms with Crippen LogP contribution >= 0.6 is 0 Å². The molecular weight excluding hydrogens is 390 g/mol. The normalized spacial score (nSPS) is 21.4. The number of nitrogens with one attached hydrogen (secondary N) is 2. The Balaban J connectivity index is 1.72. The summed E-state index contributed by atoms with van der Waals surface area (Å²) in [5, 5.41) is 10.3. The van der Waals surface area contributed by atoms with Crippen molar-refractivity contribution in [3.05, 3.63) is 41.1 Å². The van der Waals surface area contributed by atoms with Crippen LogP contribution in [0.5, 0.6) is 0 Å². The maximum atomic E-state index is 13.7. The van der Waals surface area contributed by atoms with Crippen LogP contribution in [0.15, 0.2) is 24.3 Å².